The fraction of sp³-hybridized carbons (Fsp3) is 0.190. The number of aromatic amines is 1. The van der Waals surface area contributed by atoms with E-state index in [0.717, 1.165) is 22.0 Å². The van der Waals surface area contributed by atoms with E-state index < -0.39 is 0 Å². The molecule has 144 valence electrons. The quantitative estimate of drug-likeness (QED) is 0.637. The van der Waals surface area contributed by atoms with Crippen molar-refractivity contribution in [3.63, 3.8) is 0 Å². The van der Waals surface area contributed by atoms with Gasteiger partial charge < -0.3 is 19.8 Å². The summed E-state index contributed by atoms with van der Waals surface area (Å²) >= 11 is 12.6. The van der Waals surface area contributed by atoms with E-state index in [9.17, 15) is 4.79 Å². The highest BCUT2D eigenvalue weighted by molar-refractivity contribution is 6.35. The van der Waals surface area contributed by atoms with Crippen LogP contribution >= 0.6 is 23.2 Å². The summed E-state index contributed by atoms with van der Waals surface area (Å²) in [7, 11) is 0. The SMILES string of the molecule is O=C(NCC(c1ccc(Cl)cc1Cl)c1c[nH]c2ccccc12)C1=COCCO1. The number of carbonyl (C=O) groups excluding carboxylic acids is 1. The molecular weight excluding hydrogens is 399 g/mol. The Balaban J connectivity index is 1.67. The van der Waals surface area contributed by atoms with E-state index in [1.54, 1.807) is 12.1 Å². The number of fused-ring (bicyclic) bond motifs is 1. The number of hydrogen-bond acceptors (Lipinski definition) is 3. The van der Waals surface area contributed by atoms with E-state index in [2.05, 4.69) is 10.3 Å². The van der Waals surface area contributed by atoms with Gasteiger partial charge in [-0.3, -0.25) is 4.79 Å². The van der Waals surface area contributed by atoms with E-state index in [0.29, 0.717) is 29.8 Å². The summed E-state index contributed by atoms with van der Waals surface area (Å²) in [5.74, 6) is -0.323. The Kier molecular flexibility index (Phi) is 5.46. The molecule has 1 amide bonds. The van der Waals surface area contributed by atoms with Crippen molar-refractivity contribution < 1.29 is 14.3 Å². The highest BCUT2D eigenvalue weighted by atomic mass is 35.5. The summed E-state index contributed by atoms with van der Waals surface area (Å²) in [4.78, 5) is 15.7. The van der Waals surface area contributed by atoms with E-state index >= 15 is 0 Å². The summed E-state index contributed by atoms with van der Waals surface area (Å²) < 4.78 is 10.5. The molecule has 2 heterocycles. The fourth-order valence-electron chi connectivity index (χ4n) is 3.32. The molecule has 1 aliphatic rings. The molecule has 1 aliphatic heterocycles. The van der Waals surface area contributed by atoms with Crippen molar-refractivity contribution >= 4 is 40.0 Å². The molecule has 1 aromatic heterocycles. The van der Waals surface area contributed by atoms with Crippen molar-refractivity contribution in [1.29, 1.82) is 0 Å². The lowest BCUT2D eigenvalue weighted by Gasteiger charge is -2.21. The zero-order chi connectivity index (χ0) is 19.5. The van der Waals surface area contributed by atoms with Crippen LogP contribution in [0.3, 0.4) is 0 Å². The number of benzene rings is 2. The van der Waals surface area contributed by atoms with Gasteiger partial charge in [0.1, 0.15) is 19.5 Å². The Bertz CT molecular complexity index is 1050. The molecule has 3 aromatic rings. The maximum absolute atomic E-state index is 12.5. The second kappa shape index (κ2) is 8.17. The van der Waals surface area contributed by atoms with Gasteiger partial charge in [0.2, 0.25) is 5.76 Å². The van der Waals surface area contributed by atoms with Gasteiger partial charge in [-0.1, -0.05) is 47.5 Å². The topological polar surface area (TPSA) is 63.4 Å². The normalized spacial score (nSPS) is 14.7. The summed E-state index contributed by atoms with van der Waals surface area (Å²) in [6.07, 6.45) is 3.29. The number of carbonyl (C=O) groups is 1. The molecule has 2 N–H and O–H groups in total. The Morgan fingerprint density at radius 1 is 1.14 bits per heavy atom. The molecule has 0 saturated carbocycles. The number of para-hydroxylation sites is 1. The van der Waals surface area contributed by atoms with Gasteiger partial charge in [-0.2, -0.15) is 0 Å². The second-order valence-electron chi connectivity index (χ2n) is 6.42. The molecule has 4 rings (SSSR count). The standard InChI is InChI=1S/C21H18Cl2N2O3/c22-13-5-6-14(18(23)9-13)16(11-25-21(26)20-12-27-7-8-28-20)17-10-24-19-4-2-1-3-15(17)19/h1-6,9-10,12,16,24H,7-8,11H2,(H,25,26). The van der Waals surface area contributed by atoms with Gasteiger partial charge in [-0.25, -0.2) is 0 Å². The Hall–Kier alpha value is -2.63. The van der Waals surface area contributed by atoms with Crippen molar-refractivity contribution in [2.45, 2.75) is 5.92 Å². The van der Waals surface area contributed by atoms with Crippen molar-refractivity contribution in [2.24, 2.45) is 0 Å². The Morgan fingerprint density at radius 2 is 2.00 bits per heavy atom. The molecule has 0 radical (unpaired) electrons. The molecule has 0 spiro atoms. The Labute approximate surface area is 172 Å². The molecule has 5 nitrogen and oxygen atoms in total. The average molecular weight is 417 g/mol. The van der Waals surface area contributed by atoms with Crippen LogP contribution in [0, 0.1) is 0 Å². The molecule has 2 aromatic carbocycles. The van der Waals surface area contributed by atoms with Crippen LogP contribution in [0.4, 0.5) is 0 Å². The number of amides is 1. The van der Waals surface area contributed by atoms with Crippen molar-refractivity contribution in [3.05, 3.63) is 81.9 Å². The summed E-state index contributed by atoms with van der Waals surface area (Å²) in [5.41, 5.74) is 2.94. The molecule has 0 saturated heterocycles. The van der Waals surface area contributed by atoms with Crippen molar-refractivity contribution in [2.75, 3.05) is 19.8 Å². The average Bonchev–Trinajstić information content (AvgIpc) is 3.14. The molecular formula is C21H18Cl2N2O3. The Morgan fingerprint density at radius 3 is 2.79 bits per heavy atom. The van der Waals surface area contributed by atoms with Crippen molar-refractivity contribution in [1.82, 2.24) is 10.3 Å². The first kappa shape index (κ1) is 18.7. The highest BCUT2D eigenvalue weighted by Gasteiger charge is 2.23. The third-order valence-corrected chi connectivity index (χ3v) is 5.24. The minimum atomic E-state index is -0.324. The number of H-pyrrole nitrogens is 1. The van der Waals surface area contributed by atoms with Gasteiger partial charge >= 0.3 is 0 Å². The first-order chi connectivity index (χ1) is 13.6. The smallest absolute Gasteiger partial charge is 0.289 e. The van der Waals surface area contributed by atoms with E-state index in [4.69, 9.17) is 32.7 Å². The molecule has 1 atom stereocenters. The lowest BCUT2D eigenvalue weighted by molar-refractivity contribution is -0.122. The van der Waals surface area contributed by atoms with Crippen LogP contribution in [0.1, 0.15) is 17.0 Å². The van der Waals surface area contributed by atoms with E-state index in [1.165, 1.54) is 6.26 Å². The molecule has 7 heteroatoms. The van der Waals surface area contributed by atoms with Gasteiger partial charge in [0.05, 0.1) is 0 Å². The van der Waals surface area contributed by atoms with Crippen LogP contribution in [0.5, 0.6) is 0 Å². The largest absolute Gasteiger partial charge is 0.494 e. The fourth-order valence-corrected chi connectivity index (χ4v) is 3.86. The van der Waals surface area contributed by atoms with Crippen molar-refractivity contribution in [3.8, 4) is 0 Å². The van der Waals surface area contributed by atoms with E-state index in [-0.39, 0.29) is 17.6 Å². The van der Waals surface area contributed by atoms with Crippen LogP contribution in [0.15, 0.2) is 60.7 Å². The summed E-state index contributed by atoms with van der Waals surface area (Å²) in [5, 5.41) is 5.11. The molecule has 0 fully saturated rings. The van der Waals surface area contributed by atoms with Crippen LogP contribution in [-0.4, -0.2) is 30.6 Å². The molecule has 0 aliphatic carbocycles. The van der Waals surface area contributed by atoms with Gasteiger partial charge in [0.15, 0.2) is 0 Å². The zero-order valence-corrected chi connectivity index (χ0v) is 16.4. The monoisotopic (exact) mass is 416 g/mol. The minimum absolute atomic E-state index is 0.171. The van der Waals surface area contributed by atoms with Gasteiger partial charge in [0.25, 0.3) is 5.91 Å². The number of hydrogen-bond donors (Lipinski definition) is 2. The lowest BCUT2D eigenvalue weighted by atomic mass is 9.90. The third-order valence-electron chi connectivity index (χ3n) is 4.67. The predicted molar refractivity (Wildman–Crippen MR) is 110 cm³/mol. The van der Waals surface area contributed by atoms with Crippen LogP contribution in [0.2, 0.25) is 10.0 Å². The first-order valence-corrected chi connectivity index (χ1v) is 9.63. The number of ether oxygens (including phenoxy) is 2. The highest BCUT2D eigenvalue weighted by Crippen LogP contribution is 2.35. The van der Waals surface area contributed by atoms with Gasteiger partial charge in [-0.15, -0.1) is 0 Å². The molecule has 1 unspecified atom stereocenters. The minimum Gasteiger partial charge on any atom is -0.494 e. The maximum Gasteiger partial charge on any atom is 0.289 e. The maximum atomic E-state index is 12.5. The predicted octanol–water partition coefficient (Wildman–Crippen LogP) is 4.61. The van der Waals surface area contributed by atoms with Gasteiger partial charge in [0, 0.05) is 39.6 Å². The zero-order valence-electron chi connectivity index (χ0n) is 14.9. The van der Waals surface area contributed by atoms with Crippen LogP contribution in [-0.2, 0) is 14.3 Å². The molecule has 0 bridgehead atoms. The summed E-state index contributed by atoms with van der Waals surface area (Å²) in [6, 6.07) is 13.4. The van der Waals surface area contributed by atoms with Crippen LogP contribution in [0.25, 0.3) is 10.9 Å². The number of rotatable bonds is 5. The summed E-state index contributed by atoms with van der Waals surface area (Å²) in [6.45, 7) is 1.13. The van der Waals surface area contributed by atoms with E-state index in [1.807, 2.05) is 36.5 Å². The number of halogens is 2. The molecule has 28 heavy (non-hydrogen) atoms. The van der Waals surface area contributed by atoms with Crippen LogP contribution < -0.4 is 5.32 Å². The second-order valence-corrected chi connectivity index (χ2v) is 7.26. The first-order valence-electron chi connectivity index (χ1n) is 8.87. The van der Waals surface area contributed by atoms with Gasteiger partial charge in [-0.05, 0) is 29.3 Å². The number of nitrogens with one attached hydrogen (secondary N) is 2. The third kappa shape index (κ3) is 3.81. The number of aromatic nitrogens is 1. The lowest BCUT2D eigenvalue weighted by Crippen LogP contribution is -2.32.